The van der Waals surface area contributed by atoms with Gasteiger partial charge in [-0.1, -0.05) is 48.9 Å². The van der Waals surface area contributed by atoms with Crippen molar-refractivity contribution in [3.05, 3.63) is 89.8 Å². The molecule has 0 aliphatic carbocycles. The van der Waals surface area contributed by atoms with Crippen LogP contribution in [0.15, 0.2) is 66.8 Å². The lowest BCUT2D eigenvalue weighted by Crippen LogP contribution is -2.08. The fraction of sp³-hybridized carbons (Fsp3) is 0.250. The zero-order chi connectivity index (χ0) is 20.7. The Morgan fingerprint density at radius 2 is 1.68 bits per heavy atom. The van der Waals surface area contributed by atoms with Gasteiger partial charge >= 0.3 is 0 Å². The summed E-state index contributed by atoms with van der Waals surface area (Å²) in [5.41, 5.74) is 2.27. The molecule has 1 N–H and O–H groups in total. The molecule has 0 fully saturated rings. The van der Waals surface area contributed by atoms with Gasteiger partial charge in [0.2, 0.25) is 0 Å². The van der Waals surface area contributed by atoms with Gasteiger partial charge in [0.15, 0.2) is 11.6 Å². The van der Waals surface area contributed by atoms with Gasteiger partial charge in [-0.15, -0.1) is 6.58 Å². The number of benzene rings is 2. The summed E-state index contributed by atoms with van der Waals surface area (Å²) in [7, 11) is 0. The van der Waals surface area contributed by atoms with E-state index in [1.807, 2.05) is 24.3 Å². The second kappa shape index (κ2) is 9.45. The Balaban J connectivity index is 2.09. The predicted octanol–water partition coefficient (Wildman–Crippen LogP) is 7.80. The van der Waals surface area contributed by atoms with Crippen LogP contribution in [0, 0.1) is 22.9 Å². The van der Waals surface area contributed by atoms with E-state index in [2.05, 4.69) is 44.8 Å². The lowest BCUT2D eigenvalue weighted by molar-refractivity contribution is 0.508. The molecule has 0 aliphatic rings. The first-order chi connectivity index (χ1) is 13.2. The Labute approximate surface area is 165 Å². The van der Waals surface area contributed by atoms with Crippen LogP contribution in [0.2, 0.25) is 0 Å². The lowest BCUT2D eigenvalue weighted by Gasteiger charge is -2.20. The summed E-state index contributed by atoms with van der Waals surface area (Å²) in [4.78, 5) is 0. The second-order valence-corrected chi connectivity index (χ2v) is 7.35. The average molecular weight is 385 g/mol. The summed E-state index contributed by atoms with van der Waals surface area (Å²) in [6.45, 7) is 10.2. The normalized spacial score (nSPS) is 13.2. The number of hydrogen-bond acceptors (Lipinski definition) is 1. The minimum absolute atomic E-state index is 0.122. The number of rotatable bonds is 8. The molecule has 0 unspecified atom stereocenters. The Morgan fingerprint density at radius 1 is 1.07 bits per heavy atom. The first kappa shape index (κ1) is 21.5. The van der Waals surface area contributed by atoms with E-state index in [-0.39, 0.29) is 11.1 Å². The molecule has 0 saturated carbocycles. The number of hydrogen-bond donors (Lipinski definition) is 1. The van der Waals surface area contributed by atoms with Gasteiger partial charge in [-0.25, -0.2) is 13.2 Å². The summed E-state index contributed by atoms with van der Waals surface area (Å²) in [6.07, 6.45) is 10.2. The third-order valence-corrected chi connectivity index (χ3v) is 4.55. The van der Waals surface area contributed by atoms with Crippen LogP contribution in [0.1, 0.15) is 39.2 Å². The van der Waals surface area contributed by atoms with E-state index >= 15 is 0 Å². The van der Waals surface area contributed by atoms with E-state index < -0.39 is 17.5 Å². The Kier molecular flexibility index (Phi) is 7.27. The van der Waals surface area contributed by atoms with Gasteiger partial charge in [0.05, 0.1) is 0 Å². The molecule has 0 aromatic heterocycles. The molecule has 2 rings (SSSR count). The van der Waals surface area contributed by atoms with Crippen molar-refractivity contribution in [1.82, 2.24) is 0 Å². The first-order valence-corrected chi connectivity index (χ1v) is 9.20. The van der Waals surface area contributed by atoms with Crippen molar-refractivity contribution in [2.24, 2.45) is 5.41 Å². The summed E-state index contributed by atoms with van der Waals surface area (Å²) in [6, 6.07) is 8.42. The van der Waals surface area contributed by atoms with Crippen LogP contribution in [0.25, 0.3) is 6.08 Å². The fourth-order valence-electron chi connectivity index (χ4n) is 2.70. The third kappa shape index (κ3) is 6.15. The van der Waals surface area contributed by atoms with Crippen LogP contribution in [0.3, 0.4) is 0 Å². The highest BCUT2D eigenvalue weighted by Crippen LogP contribution is 2.29. The van der Waals surface area contributed by atoms with Gasteiger partial charge in [-0.05, 0) is 44.4 Å². The molecule has 0 saturated heterocycles. The van der Waals surface area contributed by atoms with E-state index in [1.54, 1.807) is 12.1 Å². The fourth-order valence-corrected chi connectivity index (χ4v) is 2.70. The van der Waals surface area contributed by atoms with Gasteiger partial charge in [-0.3, -0.25) is 0 Å². The van der Waals surface area contributed by atoms with Crippen LogP contribution in [-0.2, 0) is 0 Å². The average Bonchev–Trinajstić information content (AvgIpc) is 2.63. The van der Waals surface area contributed by atoms with E-state index in [0.29, 0.717) is 17.8 Å². The molecule has 2 aromatic carbocycles. The van der Waals surface area contributed by atoms with Gasteiger partial charge in [-0.2, -0.15) is 0 Å². The molecule has 0 radical (unpaired) electrons. The number of halogens is 3. The molecule has 4 heteroatoms. The first-order valence-electron chi connectivity index (χ1n) is 9.20. The molecule has 0 aliphatic heterocycles. The Morgan fingerprint density at radius 3 is 2.21 bits per heavy atom. The number of anilines is 2. The van der Waals surface area contributed by atoms with Crippen molar-refractivity contribution in [3.8, 4) is 0 Å². The van der Waals surface area contributed by atoms with Gasteiger partial charge in [0.25, 0.3) is 0 Å². The predicted molar refractivity (Wildman–Crippen MR) is 112 cm³/mol. The van der Waals surface area contributed by atoms with Gasteiger partial charge < -0.3 is 5.32 Å². The van der Waals surface area contributed by atoms with Crippen LogP contribution in [0.4, 0.5) is 24.5 Å². The number of nitrogens with one attached hydrogen (secondary N) is 1. The quantitative estimate of drug-likeness (QED) is 0.457. The molecule has 2 aromatic rings. The smallest absolute Gasteiger partial charge is 0.152 e. The molecule has 0 spiro atoms. The van der Waals surface area contributed by atoms with Crippen LogP contribution < -0.4 is 5.32 Å². The summed E-state index contributed by atoms with van der Waals surface area (Å²) in [5, 5.41) is 2.65. The van der Waals surface area contributed by atoms with Gasteiger partial charge in [0.1, 0.15) is 11.5 Å². The molecule has 28 heavy (non-hydrogen) atoms. The maximum Gasteiger partial charge on any atom is 0.152 e. The van der Waals surface area contributed by atoms with E-state index in [9.17, 15) is 13.2 Å². The standard InChI is InChI=1S/C24H26F3N/c1-5-24(4,13-6-7-17(2)3)14-12-18-8-10-20(11-9-18)28-23-21(26)15-19(25)16-22(23)27/h5,7-12,14-16,28H,1,6,13H2,2-4H3/b14-12+/t24-/m1/s1. The van der Waals surface area contributed by atoms with Crippen molar-refractivity contribution >= 4 is 17.5 Å². The molecule has 1 nitrogen and oxygen atoms in total. The highest BCUT2D eigenvalue weighted by Gasteiger charge is 2.15. The van der Waals surface area contributed by atoms with Crippen LogP contribution >= 0.6 is 0 Å². The third-order valence-electron chi connectivity index (χ3n) is 4.55. The SMILES string of the molecule is C=C[C@@](C)(/C=C/c1ccc(Nc2c(F)cc(F)cc2F)cc1)CCC=C(C)C. The highest BCUT2D eigenvalue weighted by atomic mass is 19.1. The summed E-state index contributed by atoms with van der Waals surface area (Å²) in [5.74, 6) is -2.89. The monoisotopic (exact) mass is 385 g/mol. The maximum absolute atomic E-state index is 13.8. The lowest BCUT2D eigenvalue weighted by atomic mass is 9.84. The molecule has 0 amide bonds. The minimum Gasteiger partial charge on any atom is -0.351 e. The van der Waals surface area contributed by atoms with Gasteiger partial charge in [0, 0.05) is 23.2 Å². The Hall–Kier alpha value is -2.75. The maximum atomic E-state index is 13.8. The van der Waals surface area contributed by atoms with Crippen molar-refractivity contribution in [2.45, 2.75) is 33.6 Å². The molecule has 1 atom stereocenters. The number of allylic oxidation sites excluding steroid dienone is 4. The molecule has 0 heterocycles. The topological polar surface area (TPSA) is 12.0 Å². The van der Waals surface area contributed by atoms with Crippen LogP contribution in [-0.4, -0.2) is 0 Å². The summed E-state index contributed by atoms with van der Waals surface area (Å²) < 4.78 is 40.5. The largest absolute Gasteiger partial charge is 0.351 e. The molecule has 0 bridgehead atoms. The molecule has 148 valence electrons. The van der Waals surface area contributed by atoms with Crippen molar-refractivity contribution in [3.63, 3.8) is 0 Å². The van der Waals surface area contributed by atoms with E-state index in [0.717, 1.165) is 18.4 Å². The minimum atomic E-state index is -0.973. The molecular formula is C24H26F3N. The van der Waals surface area contributed by atoms with Crippen molar-refractivity contribution in [2.75, 3.05) is 5.32 Å². The van der Waals surface area contributed by atoms with Crippen molar-refractivity contribution < 1.29 is 13.2 Å². The Bertz CT molecular complexity index is 854. The molecular weight excluding hydrogens is 359 g/mol. The van der Waals surface area contributed by atoms with Crippen LogP contribution in [0.5, 0.6) is 0 Å². The highest BCUT2D eigenvalue weighted by molar-refractivity contribution is 5.63. The van der Waals surface area contributed by atoms with E-state index in [1.165, 1.54) is 5.57 Å². The second-order valence-electron chi connectivity index (χ2n) is 7.35. The summed E-state index contributed by atoms with van der Waals surface area (Å²) >= 11 is 0. The zero-order valence-electron chi connectivity index (χ0n) is 16.5. The zero-order valence-corrected chi connectivity index (χ0v) is 16.5. The van der Waals surface area contributed by atoms with Crippen molar-refractivity contribution in [1.29, 1.82) is 0 Å². The van der Waals surface area contributed by atoms with E-state index in [4.69, 9.17) is 0 Å².